The van der Waals surface area contributed by atoms with Gasteiger partial charge in [-0.25, -0.2) is 9.59 Å². The first kappa shape index (κ1) is 23.5. The molecule has 0 atom stereocenters. The van der Waals surface area contributed by atoms with Gasteiger partial charge in [-0.1, -0.05) is 60.4 Å². The Hall–Kier alpha value is -4.70. The second kappa shape index (κ2) is 10.5. The van der Waals surface area contributed by atoms with Gasteiger partial charge in [0.05, 0.1) is 19.2 Å². The molecule has 0 spiro atoms. The summed E-state index contributed by atoms with van der Waals surface area (Å²) in [7, 11) is 1.38. The van der Waals surface area contributed by atoms with Crippen LogP contribution in [0.4, 0.5) is 4.79 Å². The van der Waals surface area contributed by atoms with Crippen LogP contribution in [0.5, 0.6) is 11.5 Å². The molecule has 4 rings (SSSR count). The number of phenolic OH excluding ortho intramolecular Hbond substituents is 1. The highest BCUT2D eigenvalue weighted by Gasteiger charge is 2.28. The molecule has 0 unspecified atom stereocenters. The Morgan fingerprint density at radius 2 is 1.71 bits per heavy atom. The number of alkyl carbamates (subject to hydrolysis) is 1. The van der Waals surface area contributed by atoms with Crippen LogP contribution in [0.3, 0.4) is 0 Å². The fraction of sp³-hybridized carbons (Fsp3) is 0.143. The van der Waals surface area contributed by atoms with E-state index in [4.69, 9.17) is 14.6 Å². The van der Waals surface area contributed by atoms with Gasteiger partial charge in [0.1, 0.15) is 6.61 Å². The zero-order valence-corrected chi connectivity index (χ0v) is 18.9. The van der Waals surface area contributed by atoms with Crippen LogP contribution >= 0.6 is 0 Å². The molecule has 35 heavy (non-hydrogen) atoms. The summed E-state index contributed by atoms with van der Waals surface area (Å²) >= 11 is 0. The van der Waals surface area contributed by atoms with E-state index in [1.807, 2.05) is 36.4 Å². The van der Waals surface area contributed by atoms with Gasteiger partial charge < -0.3 is 25.0 Å². The van der Waals surface area contributed by atoms with E-state index in [0.717, 1.165) is 28.3 Å². The standard InChI is InChI=1S/C28H23NO6/c1-34-25-16-18(12-13-26(30)31)15-19(27(25)32)7-6-14-29-28(33)35-17-24-22-10-4-2-8-20(22)21-9-3-5-11-23(21)24/h2-5,8-13,15-16,24,32H,14,17H2,1H3,(H,29,33)(H,30,31). The van der Waals surface area contributed by atoms with Gasteiger partial charge in [0.2, 0.25) is 0 Å². The van der Waals surface area contributed by atoms with Gasteiger partial charge in [0.25, 0.3) is 0 Å². The van der Waals surface area contributed by atoms with Gasteiger partial charge in [-0.2, -0.15) is 0 Å². The van der Waals surface area contributed by atoms with Gasteiger partial charge in [0.15, 0.2) is 11.5 Å². The Bertz CT molecular complexity index is 1320. The maximum Gasteiger partial charge on any atom is 0.407 e. The monoisotopic (exact) mass is 469 g/mol. The number of benzene rings is 3. The molecule has 7 nitrogen and oxygen atoms in total. The number of hydrogen-bond donors (Lipinski definition) is 3. The van der Waals surface area contributed by atoms with E-state index in [9.17, 15) is 14.7 Å². The maximum atomic E-state index is 12.3. The summed E-state index contributed by atoms with van der Waals surface area (Å²) in [6.07, 6.45) is 1.74. The molecule has 1 aliphatic carbocycles. The smallest absolute Gasteiger partial charge is 0.407 e. The van der Waals surface area contributed by atoms with E-state index in [1.165, 1.54) is 25.3 Å². The number of phenols is 1. The van der Waals surface area contributed by atoms with Crippen LogP contribution in [0.25, 0.3) is 17.2 Å². The van der Waals surface area contributed by atoms with Gasteiger partial charge in [0, 0.05) is 12.0 Å². The van der Waals surface area contributed by atoms with Gasteiger partial charge in [-0.15, -0.1) is 0 Å². The molecule has 0 fully saturated rings. The second-order valence-electron chi connectivity index (χ2n) is 7.77. The highest BCUT2D eigenvalue weighted by molar-refractivity contribution is 5.85. The van der Waals surface area contributed by atoms with E-state index in [1.54, 1.807) is 0 Å². The van der Waals surface area contributed by atoms with E-state index >= 15 is 0 Å². The molecule has 0 radical (unpaired) electrons. The highest BCUT2D eigenvalue weighted by atomic mass is 16.5. The summed E-state index contributed by atoms with van der Waals surface area (Å²) in [6.45, 7) is 0.191. The largest absolute Gasteiger partial charge is 0.503 e. The number of ether oxygens (including phenoxy) is 2. The quantitative estimate of drug-likeness (QED) is 0.365. The molecule has 0 saturated carbocycles. The third-order valence-corrected chi connectivity index (χ3v) is 5.62. The minimum Gasteiger partial charge on any atom is -0.503 e. The number of hydrogen-bond acceptors (Lipinski definition) is 5. The first-order valence-corrected chi connectivity index (χ1v) is 10.9. The second-order valence-corrected chi connectivity index (χ2v) is 7.77. The molecule has 0 aliphatic heterocycles. The van der Waals surface area contributed by atoms with Crippen molar-refractivity contribution >= 4 is 18.1 Å². The van der Waals surface area contributed by atoms with Crippen LogP contribution in [0.2, 0.25) is 0 Å². The molecule has 3 aromatic rings. The number of carbonyl (C=O) groups is 2. The Balaban J connectivity index is 1.38. The molecular weight excluding hydrogens is 446 g/mol. The predicted octanol–water partition coefficient (Wildman–Crippen LogP) is 4.39. The van der Waals surface area contributed by atoms with Crippen LogP contribution in [0.15, 0.2) is 66.7 Å². The van der Waals surface area contributed by atoms with Crippen molar-refractivity contribution in [3.05, 3.63) is 89.0 Å². The third-order valence-electron chi connectivity index (χ3n) is 5.62. The number of rotatable bonds is 6. The third kappa shape index (κ3) is 5.28. The Kier molecular flexibility index (Phi) is 7.03. The molecular formula is C28H23NO6. The number of nitrogens with one attached hydrogen (secondary N) is 1. The van der Waals surface area contributed by atoms with E-state index in [2.05, 4.69) is 29.3 Å². The molecule has 1 aliphatic rings. The normalized spacial score (nSPS) is 11.8. The van der Waals surface area contributed by atoms with Gasteiger partial charge >= 0.3 is 12.1 Å². The van der Waals surface area contributed by atoms with Crippen molar-refractivity contribution < 1.29 is 29.3 Å². The number of amides is 1. The average Bonchev–Trinajstić information content (AvgIpc) is 3.19. The first-order chi connectivity index (χ1) is 17.0. The fourth-order valence-electron chi connectivity index (χ4n) is 4.05. The van der Waals surface area contributed by atoms with Crippen molar-refractivity contribution in [3.8, 4) is 34.5 Å². The molecule has 3 N–H and O–H groups in total. The van der Waals surface area contributed by atoms with Crippen LogP contribution in [0, 0.1) is 11.8 Å². The summed E-state index contributed by atoms with van der Waals surface area (Å²) in [6, 6.07) is 19.2. The molecule has 176 valence electrons. The van der Waals surface area contributed by atoms with E-state index < -0.39 is 12.1 Å². The van der Waals surface area contributed by atoms with E-state index in [0.29, 0.717) is 5.56 Å². The zero-order chi connectivity index (χ0) is 24.8. The average molecular weight is 469 g/mol. The molecule has 0 heterocycles. The van der Waals surface area contributed by atoms with Crippen molar-refractivity contribution in [1.82, 2.24) is 5.32 Å². The molecule has 7 heteroatoms. The topological polar surface area (TPSA) is 105 Å². The minimum atomic E-state index is -1.10. The lowest BCUT2D eigenvalue weighted by Gasteiger charge is -2.14. The van der Waals surface area contributed by atoms with Crippen LogP contribution < -0.4 is 10.1 Å². The number of carboxylic acids is 1. The van der Waals surface area contributed by atoms with Crippen molar-refractivity contribution in [1.29, 1.82) is 0 Å². The van der Waals surface area contributed by atoms with Crippen LogP contribution in [0.1, 0.15) is 28.2 Å². The zero-order valence-electron chi connectivity index (χ0n) is 18.9. The summed E-state index contributed by atoms with van der Waals surface area (Å²) in [5.41, 5.74) is 5.29. The molecule has 0 bridgehead atoms. The lowest BCUT2D eigenvalue weighted by molar-refractivity contribution is -0.131. The molecule has 0 aromatic heterocycles. The number of methoxy groups -OCH3 is 1. The van der Waals surface area contributed by atoms with Gasteiger partial charge in [-0.3, -0.25) is 0 Å². The SMILES string of the molecule is COc1cc(C=CC(=O)O)cc(C#CCNC(=O)OCC2c3ccccc3-c3ccccc32)c1O. The maximum absolute atomic E-state index is 12.3. The Morgan fingerprint density at radius 1 is 1.06 bits per heavy atom. The van der Waals surface area contributed by atoms with Crippen molar-refractivity contribution in [2.45, 2.75) is 5.92 Å². The summed E-state index contributed by atoms with van der Waals surface area (Å²) in [5, 5.41) is 21.7. The minimum absolute atomic E-state index is 0.00633. The number of carboxylic acid groups (broad SMARTS) is 1. The van der Waals surface area contributed by atoms with E-state index in [-0.39, 0.29) is 36.1 Å². The number of carbonyl (C=O) groups excluding carboxylic acids is 1. The Morgan fingerprint density at radius 3 is 2.34 bits per heavy atom. The fourth-order valence-corrected chi connectivity index (χ4v) is 4.05. The molecule has 0 saturated heterocycles. The lowest BCUT2D eigenvalue weighted by Crippen LogP contribution is -2.26. The molecule has 3 aromatic carbocycles. The number of aromatic hydroxyl groups is 1. The van der Waals surface area contributed by atoms with Crippen molar-refractivity contribution in [2.24, 2.45) is 0 Å². The van der Waals surface area contributed by atoms with Crippen molar-refractivity contribution in [2.75, 3.05) is 20.3 Å². The Labute approximate surface area is 202 Å². The number of aliphatic carboxylic acids is 1. The van der Waals surface area contributed by atoms with Crippen LogP contribution in [-0.4, -0.2) is 42.5 Å². The number of fused-ring (bicyclic) bond motifs is 3. The van der Waals surface area contributed by atoms with Gasteiger partial charge in [-0.05, 0) is 46.0 Å². The summed E-state index contributed by atoms with van der Waals surface area (Å²) < 4.78 is 10.6. The predicted molar refractivity (Wildman–Crippen MR) is 131 cm³/mol. The lowest BCUT2D eigenvalue weighted by atomic mass is 9.98. The summed E-state index contributed by atoms with van der Waals surface area (Å²) in [4.78, 5) is 23.0. The molecule has 1 amide bonds. The highest BCUT2D eigenvalue weighted by Crippen LogP contribution is 2.44. The summed E-state index contributed by atoms with van der Waals surface area (Å²) in [5.74, 6) is 4.37. The van der Waals surface area contributed by atoms with Crippen molar-refractivity contribution in [3.63, 3.8) is 0 Å². The first-order valence-electron chi connectivity index (χ1n) is 10.9. The van der Waals surface area contributed by atoms with Crippen LogP contribution in [-0.2, 0) is 9.53 Å².